The van der Waals surface area contributed by atoms with E-state index in [2.05, 4.69) is 0 Å². The van der Waals surface area contributed by atoms with E-state index < -0.39 is 60.8 Å². The summed E-state index contributed by atoms with van der Waals surface area (Å²) in [4.78, 5) is 49.9. The van der Waals surface area contributed by atoms with Crippen molar-refractivity contribution in [1.82, 2.24) is 0 Å². The third-order valence-corrected chi connectivity index (χ3v) is 1.94. The molecule has 1 atom stereocenters. The van der Waals surface area contributed by atoms with Crippen molar-refractivity contribution in [2.75, 3.05) is 0 Å². The topological polar surface area (TPSA) is 227 Å². The van der Waals surface area contributed by atoms with Crippen LogP contribution in [-0.4, -0.2) is 77.3 Å². The average Bonchev–Trinajstić information content (AvgIpc) is 2.25. The number of carboxylic acid groups (broad SMARTS) is 5. The number of hydrogen-bond acceptors (Lipinski definition) is 7. The van der Waals surface area contributed by atoms with Crippen molar-refractivity contribution in [3.63, 3.8) is 0 Å². The van der Waals surface area contributed by atoms with Crippen LogP contribution in [0, 0.1) is 0 Å². The Hall–Kier alpha value is -1.73. The molecule has 13 heteroatoms. The predicted octanol–water partition coefficient (Wildman–Crippen LogP) is -5.23. The molecule has 7 N–H and O–H groups in total. The first-order valence-corrected chi connectivity index (χ1v) is 5.34. The van der Waals surface area contributed by atoms with Crippen molar-refractivity contribution in [1.29, 1.82) is 0 Å². The van der Waals surface area contributed by atoms with Crippen LogP contribution >= 0.6 is 0 Å². The number of carboxylic acids is 5. The molecule has 0 saturated heterocycles. The molecule has 0 radical (unpaired) electrons. The quantitative estimate of drug-likeness (QED) is 0.204. The fourth-order valence-corrected chi connectivity index (χ4v) is 0.967. The van der Waals surface area contributed by atoms with Crippen LogP contribution < -0.4 is 29.6 Å². The largest absolute Gasteiger partial charge is 1.00 e. The van der Waals surface area contributed by atoms with Crippen LogP contribution in [0.25, 0.3) is 0 Å². The number of rotatable bonds is 8. The zero-order valence-electron chi connectivity index (χ0n) is 12.9. The van der Waals surface area contributed by atoms with E-state index in [4.69, 9.17) is 35.7 Å². The maximum absolute atomic E-state index is 10.3. The third kappa shape index (κ3) is 13.6. The molecule has 0 aliphatic heterocycles. The standard InChI is InChI=1S/C6H8O7.C4H6O5.Na.H/c7-3(8)1-6(13,5(11)12)2-4(9)10;5-2(4(8)9)1-3(6)7;;/h13H,1-2H2,(H,7,8)(H,9,10)(H,11,12);2,5H,1H2,(H,6,7)(H,8,9);;/q;;+1;-1. The van der Waals surface area contributed by atoms with Crippen molar-refractivity contribution in [3.8, 4) is 0 Å². The van der Waals surface area contributed by atoms with Crippen LogP contribution in [0.5, 0.6) is 0 Å². The van der Waals surface area contributed by atoms with Gasteiger partial charge in [-0.25, -0.2) is 9.59 Å². The molecule has 23 heavy (non-hydrogen) atoms. The smallest absolute Gasteiger partial charge is 1.00 e. The van der Waals surface area contributed by atoms with Gasteiger partial charge in [-0.2, -0.15) is 0 Å². The summed E-state index contributed by atoms with van der Waals surface area (Å²) < 4.78 is 0. The molecule has 0 aliphatic carbocycles. The first-order chi connectivity index (χ1) is 9.81. The van der Waals surface area contributed by atoms with Crippen LogP contribution in [0.3, 0.4) is 0 Å². The normalized spacial score (nSPS) is 11.0. The first kappa shape index (κ1) is 26.2. The molecule has 0 aromatic rings. The van der Waals surface area contributed by atoms with E-state index in [9.17, 15) is 24.0 Å². The van der Waals surface area contributed by atoms with Crippen LogP contribution in [0.4, 0.5) is 0 Å². The van der Waals surface area contributed by atoms with Crippen LogP contribution in [0.2, 0.25) is 0 Å². The Morgan fingerprint density at radius 1 is 0.826 bits per heavy atom. The van der Waals surface area contributed by atoms with E-state index >= 15 is 0 Å². The Labute approximate surface area is 151 Å². The summed E-state index contributed by atoms with van der Waals surface area (Å²) >= 11 is 0. The van der Waals surface area contributed by atoms with E-state index in [1.807, 2.05) is 0 Å². The summed E-state index contributed by atoms with van der Waals surface area (Å²) in [6.45, 7) is 0. The van der Waals surface area contributed by atoms with Crippen molar-refractivity contribution in [2.45, 2.75) is 31.0 Å². The molecule has 0 aromatic carbocycles. The number of aliphatic hydroxyl groups excluding tert-OH is 1. The van der Waals surface area contributed by atoms with Gasteiger partial charge in [-0.3, -0.25) is 14.4 Å². The second kappa shape index (κ2) is 11.8. The van der Waals surface area contributed by atoms with Crippen LogP contribution in [-0.2, 0) is 24.0 Å². The van der Waals surface area contributed by atoms with Gasteiger partial charge in [-0.15, -0.1) is 0 Å². The second-order valence-corrected chi connectivity index (χ2v) is 3.93. The number of carbonyl (C=O) groups is 5. The summed E-state index contributed by atoms with van der Waals surface area (Å²) in [5.74, 6) is -7.86. The van der Waals surface area contributed by atoms with Gasteiger partial charge in [0.15, 0.2) is 11.7 Å². The van der Waals surface area contributed by atoms with Gasteiger partial charge < -0.3 is 37.2 Å². The fourth-order valence-electron chi connectivity index (χ4n) is 0.967. The molecule has 128 valence electrons. The number of aliphatic carboxylic acids is 5. The summed E-state index contributed by atoms with van der Waals surface area (Å²) in [5.41, 5.74) is -2.74. The molecule has 0 spiro atoms. The summed E-state index contributed by atoms with van der Waals surface area (Å²) in [7, 11) is 0. The Morgan fingerprint density at radius 3 is 1.30 bits per heavy atom. The van der Waals surface area contributed by atoms with Gasteiger partial charge in [0, 0.05) is 0 Å². The number of hydrogen-bond donors (Lipinski definition) is 7. The molecule has 0 fully saturated rings. The van der Waals surface area contributed by atoms with Crippen molar-refractivity contribution < 1.29 is 90.7 Å². The fraction of sp³-hybridized carbons (Fsp3) is 0.500. The van der Waals surface area contributed by atoms with Gasteiger partial charge in [-0.05, 0) is 0 Å². The second-order valence-electron chi connectivity index (χ2n) is 3.93. The zero-order valence-corrected chi connectivity index (χ0v) is 13.9. The van der Waals surface area contributed by atoms with Gasteiger partial charge in [-0.1, -0.05) is 0 Å². The molecule has 0 heterocycles. The minimum absolute atomic E-state index is 0. The van der Waals surface area contributed by atoms with E-state index in [0.717, 1.165) is 0 Å². The zero-order chi connectivity index (χ0) is 18.1. The van der Waals surface area contributed by atoms with Crippen molar-refractivity contribution in [2.24, 2.45) is 0 Å². The Balaban J connectivity index is -0.000000162. The molecule has 1 unspecified atom stereocenters. The molecule has 0 aromatic heterocycles. The molecule has 0 saturated carbocycles. The van der Waals surface area contributed by atoms with Gasteiger partial charge in [0.25, 0.3) is 0 Å². The molecule has 0 aliphatic rings. The maximum atomic E-state index is 10.3. The monoisotopic (exact) mass is 350 g/mol. The Morgan fingerprint density at radius 2 is 1.17 bits per heavy atom. The van der Waals surface area contributed by atoms with E-state index in [0.29, 0.717) is 0 Å². The van der Waals surface area contributed by atoms with E-state index in [1.165, 1.54) is 0 Å². The summed E-state index contributed by atoms with van der Waals surface area (Å²) in [6, 6.07) is 0. The SMILES string of the molecule is O=C(O)CC(O)(CC(=O)O)C(=O)O.O=C(O)CC(O)C(=O)O.[H-].[Na+]. The third-order valence-electron chi connectivity index (χ3n) is 1.94. The Bertz CT molecular complexity index is 449. The van der Waals surface area contributed by atoms with Crippen LogP contribution in [0.1, 0.15) is 20.7 Å². The van der Waals surface area contributed by atoms with Gasteiger partial charge in [0.05, 0.1) is 19.3 Å². The summed E-state index contributed by atoms with van der Waals surface area (Å²) in [5, 5.41) is 58.0. The average molecular weight is 350 g/mol. The van der Waals surface area contributed by atoms with Crippen molar-refractivity contribution >= 4 is 29.8 Å². The van der Waals surface area contributed by atoms with E-state index in [1.54, 1.807) is 0 Å². The Kier molecular flexibility index (Phi) is 13.4. The molecule has 0 bridgehead atoms. The van der Waals surface area contributed by atoms with Gasteiger partial charge in [0.1, 0.15) is 0 Å². The predicted molar refractivity (Wildman–Crippen MR) is 64.1 cm³/mol. The summed E-state index contributed by atoms with van der Waals surface area (Å²) in [6.07, 6.45) is -4.83. The minimum Gasteiger partial charge on any atom is -1.00 e. The van der Waals surface area contributed by atoms with Crippen LogP contribution in [0.15, 0.2) is 0 Å². The van der Waals surface area contributed by atoms with Gasteiger partial charge in [0.2, 0.25) is 0 Å². The first-order valence-electron chi connectivity index (χ1n) is 5.34. The maximum Gasteiger partial charge on any atom is 1.00 e. The molecular weight excluding hydrogens is 335 g/mol. The molecular formula is C10H15NaO12. The minimum atomic E-state index is -2.74. The van der Waals surface area contributed by atoms with Gasteiger partial charge >= 0.3 is 59.4 Å². The van der Waals surface area contributed by atoms with E-state index in [-0.39, 0.29) is 31.0 Å². The molecule has 0 rings (SSSR count). The van der Waals surface area contributed by atoms with Crippen molar-refractivity contribution in [3.05, 3.63) is 0 Å². The number of aliphatic hydroxyl groups is 2. The molecule has 0 amide bonds. The molecule has 12 nitrogen and oxygen atoms in total.